The van der Waals surface area contributed by atoms with Crippen LogP contribution in [0.5, 0.6) is 0 Å². The smallest absolute Gasteiger partial charge is 0.247 e. The van der Waals surface area contributed by atoms with Crippen molar-refractivity contribution in [2.75, 3.05) is 10.2 Å². The largest absolute Gasteiger partial charge is 0.324 e. The molecule has 0 spiro atoms. The molecule has 3 rings (SSSR count). The van der Waals surface area contributed by atoms with Gasteiger partial charge in [-0.05, 0) is 50.5 Å². The highest BCUT2D eigenvalue weighted by Crippen LogP contribution is 2.28. The van der Waals surface area contributed by atoms with Gasteiger partial charge in [-0.15, -0.1) is 0 Å². The summed E-state index contributed by atoms with van der Waals surface area (Å²) in [6.07, 6.45) is 0.947. The number of nitrogens with zero attached hydrogens (tertiary/aromatic N) is 1. The first-order chi connectivity index (χ1) is 11.5. The number of rotatable bonds is 3. The summed E-state index contributed by atoms with van der Waals surface area (Å²) in [7, 11) is 0. The van der Waals surface area contributed by atoms with Crippen molar-refractivity contribution in [3.8, 4) is 0 Å². The van der Waals surface area contributed by atoms with Crippen molar-refractivity contribution in [3.63, 3.8) is 0 Å². The lowest BCUT2D eigenvalue weighted by molar-refractivity contribution is -0.120. The Bertz CT molecular complexity index is 760. The Kier molecular flexibility index (Phi) is 4.38. The Morgan fingerprint density at radius 2 is 1.71 bits per heavy atom. The van der Waals surface area contributed by atoms with Gasteiger partial charge in [0, 0.05) is 17.8 Å². The molecular weight excluding hydrogens is 300 g/mol. The third-order valence-electron chi connectivity index (χ3n) is 4.47. The normalized spacial score (nSPS) is 17.2. The molecule has 2 amide bonds. The molecule has 2 aromatic carbocycles. The molecule has 0 bridgehead atoms. The van der Waals surface area contributed by atoms with Crippen LogP contribution in [0.4, 0.5) is 11.4 Å². The zero-order valence-corrected chi connectivity index (χ0v) is 14.3. The average molecular weight is 322 g/mol. The van der Waals surface area contributed by atoms with Crippen LogP contribution in [0.1, 0.15) is 29.5 Å². The Balaban J connectivity index is 1.86. The van der Waals surface area contributed by atoms with Crippen LogP contribution < -0.4 is 10.2 Å². The fourth-order valence-electron chi connectivity index (χ4n) is 3.43. The van der Waals surface area contributed by atoms with Crippen LogP contribution in [0, 0.1) is 20.8 Å². The van der Waals surface area contributed by atoms with Gasteiger partial charge in [0.15, 0.2) is 0 Å². The molecule has 1 atom stereocenters. The number of para-hydroxylation sites is 1. The van der Waals surface area contributed by atoms with Gasteiger partial charge in [-0.25, -0.2) is 0 Å². The van der Waals surface area contributed by atoms with E-state index < -0.39 is 6.04 Å². The number of anilines is 2. The van der Waals surface area contributed by atoms with Crippen LogP contribution in [-0.2, 0) is 9.59 Å². The summed E-state index contributed by atoms with van der Waals surface area (Å²) in [5, 5.41) is 3.04. The van der Waals surface area contributed by atoms with Gasteiger partial charge >= 0.3 is 0 Å². The number of amides is 2. The van der Waals surface area contributed by atoms with Gasteiger partial charge < -0.3 is 5.32 Å². The van der Waals surface area contributed by atoms with Crippen molar-refractivity contribution in [2.24, 2.45) is 0 Å². The number of carbonyl (C=O) groups excluding carboxylic acids is 2. The first-order valence-corrected chi connectivity index (χ1v) is 8.23. The van der Waals surface area contributed by atoms with Crippen molar-refractivity contribution in [1.82, 2.24) is 0 Å². The third kappa shape index (κ3) is 3.04. The molecular formula is C20H22N2O2. The predicted molar refractivity (Wildman–Crippen MR) is 96.2 cm³/mol. The molecule has 1 aliphatic heterocycles. The Labute approximate surface area is 142 Å². The van der Waals surface area contributed by atoms with Gasteiger partial charge in [0.25, 0.3) is 0 Å². The molecule has 0 aliphatic carbocycles. The quantitative estimate of drug-likeness (QED) is 0.935. The summed E-state index contributed by atoms with van der Waals surface area (Å²) in [5.74, 6) is -0.126. The average Bonchev–Trinajstić information content (AvgIpc) is 2.93. The Hall–Kier alpha value is -2.62. The highest BCUT2D eigenvalue weighted by atomic mass is 16.2. The summed E-state index contributed by atoms with van der Waals surface area (Å²) >= 11 is 0. The van der Waals surface area contributed by atoms with Crippen molar-refractivity contribution in [1.29, 1.82) is 0 Å². The van der Waals surface area contributed by atoms with E-state index in [1.54, 1.807) is 4.90 Å². The van der Waals surface area contributed by atoms with E-state index in [1.807, 2.05) is 51.1 Å². The number of nitrogens with one attached hydrogen (secondary N) is 1. The minimum atomic E-state index is -0.458. The zero-order chi connectivity index (χ0) is 17.3. The van der Waals surface area contributed by atoms with Crippen molar-refractivity contribution >= 4 is 23.2 Å². The zero-order valence-electron chi connectivity index (χ0n) is 14.3. The first-order valence-electron chi connectivity index (χ1n) is 8.23. The molecule has 0 saturated carbocycles. The Morgan fingerprint density at radius 1 is 1.08 bits per heavy atom. The summed E-state index contributed by atoms with van der Waals surface area (Å²) in [6, 6.07) is 13.0. The van der Waals surface area contributed by atoms with Gasteiger partial charge in [0.05, 0.1) is 0 Å². The molecule has 1 fully saturated rings. The maximum atomic E-state index is 12.8. The van der Waals surface area contributed by atoms with E-state index in [-0.39, 0.29) is 11.8 Å². The van der Waals surface area contributed by atoms with Gasteiger partial charge in [-0.1, -0.05) is 35.9 Å². The van der Waals surface area contributed by atoms with Crippen LogP contribution >= 0.6 is 0 Å². The maximum Gasteiger partial charge on any atom is 0.247 e. The number of aryl methyl sites for hydroxylation is 3. The molecule has 1 N–H and O–H groups in total. The minimum Gasteiger partial charge on any atom is -0.324 e. The summed E-state index contributed by atoms with van der Waals surface area (Å²) in [6.45, 7) is 6.02. The highest BCUT2D eigenvalue weighted by Gasteiger charge is 2.37. The van der Waals surface area contributed by atoms with Crippen LogP contribution in [0.25, 0.3) is 0 Å². The predicted octanol–water partition coefficient (Wildman–Crippen LogP) is 3.75. The topological polar surface area (TPSA) is 49.4 Å². The van der Waals surface area contributed by atoms with Gasteiger partial charge in [-0.2, -0.15) is 0 Å². The van der Waals surface area contributed by atoms with Crippen LogP contribution in [0.3, 0.4) is 0 Å². The summed E-state index contributed by atoms with van der Waals surface area (Å²) in [5.41, 5.74) is 4.87. The maximum absolute atomic E-state index is 12.8. The second-order valence-electron chi connectivity index (χ2n) is 6.42. The van der Waals surface area contributed by atoms with E-state index in [0.717, 1.165) is 22.5 Å². The number of hydrogen-bond donors (Lipinski definition) is 1. The molecule has 0 radical (unpaired) electrons. The lowest BCUT2D eigenvalue weighted by atomic mass is 10.0. The molecule has 4 nitrogen and oxygen atoms in total. The van der Waals surface area contributed by atoms with Crippen molar-refractivity contribution in [2.45, 2.75) is 39.7 Å². The molecule has 0 aromatic heterocycles. The highest BCUT2D eigenvalue weighted by molar-refractivity contribution is 6.07. The molecule has 24 heavy (non-hydrogen) atoms. The third-order valence-corrected chi connectivity index (χ3v) is 4.47. The van der Waals surface area contributed by atoms with Gasteiger partial charge in [0.1, 0.15) is 6.04 Å². The van der Waals surface area contributed by atoms with E-state index in [2.05, 4.69) is 17.4 Å². The summed E-state index contributed by atoms with van der Waals surface area (Å²) in [4.78, 5) is 26.7. The molecule has 1 aliphatic rings. The molecule has 4 heteroatoms. The monoisotopic (exact) mass is 322 g/mol. The number of hydrogen-bond acceptors (Lipinski definition) is 2. The van der Waals surface area contributed by atoms with Crippen LogP contribution in [0.15, 0.2) is 42.5 Å². The van der Waals surface area contributed by atoms with E-state index in [4.69, 9.17) is 0 Å². The molecule has 2 aromatic rings. The fraction of sp³-hybridized carbons (Fsp3) is 0.300. The second-order valence-corrected chi connectivity index (χ2v) is 6.42. The van der Waals surface area contributed by atoms with E-state index in [9.17, 15) is 9.59 Å². The molecule has 1 heterocycles. The summed E-state index contributed by atoms with van der Waals surface area (Å²) < 4.78 is 0. The first kappa shape index (κ1) is 16.2. The van der Waals surface area contributed by atoms with Crippen molar-refractivity contribution in [3.05, 3.63) is 59.2 Å². The minimum absolute atomic E-state index is 0.00120. The molecule has 1 unspecified atom stereocenters. The molecule has 1 saturated heterocycles. The number of carbonyl (C=O) groups is 2. The van der Waals surface area contributed by atoms with E-state index in [1.165, 1.54) is 5.56 Å². The number of benzene rings is 2. The van der Waals surface area contributed by atoms with E-state index in [0.29, 0.717) is 12.8 Å². The SMILES string of the molecule is Cc1cc(C)c(NC(=O)C2CCC(=O)N2c2ccccc2)c(C)c1. The lowest BCUT2D eigenvalue weighted by Gasteiger charge is -2.25. The van der Waals surface area contributed by atoms with Gasteiger partial charge in [0.2, 0.25) is 11.8 Å². The fourth-order valence-corrected chi connectivity index (χ4v) is 3.43. The Morgan fingerprint density at radius 3 is 2.33 bits per heavy atom. The van der Waals surface area contributed by atoms with E-state index >= 15 is 0 Å². The van der Waals surface area contributed by atoms with Crippen LogP contribution in [0.2, 0.25) is 0 Å². The standard InChI is InChI=1S/C20H22N2O2/c1-13-11-14(2)19(15(3)12-13)21-20(24)17-9-10-18(23)22(17)16-7-5-4-6-8-16/h4-8,11-12,17H,9-10H2,1-3H3,(H,21,24). The van der Waals surface area contributed by atoms with Crippen molar-refractivity contribution < 1.29 is 9.59 Å². The molecule has 124 valence electrons. The van der Waals surface area contributed by atoms with Crippen LogP contribution in [-0.4, -0.2) is 17.9 Å². The second kappa shape index (κ2) is 6.48. The van der Waals surface area contributed by atoms with Gasteiger partial charge in [-0.3, -0.25) is 14.5 Å². The lowest BCUT2D eigenvalue weighted by Crippen LogP contribution is -2.42.